The Hall–Kier alpha value is -0.870. The van der Waals surface area contributed by atoms with Crippen molar-refractivity contribution >= 4 is 0 Å². The molecule has 0 spiro atoms. The van der Waals surface area contributed by atoms with Crippen LogP contribution in [0.4, 0.5) is 0 Å². The molecule has 2 fully saturated rings. The van der Waals surface area contributed by atoms with Gasteiger partial charge in [0.1, 0.15) is 0 Å². The highest BCUT2D eigenvalue weighted by Gasteiger charge is 2.42. The maximum atomic E-state index is 5.34. The van der Waals surface area contributed by atoms with E-state index in [0.29, 0.717) is 5.54 Å². The molecular weight excluding hydrogens is 226 g/mol. The molecule has 100 valence electrons. The minimum atomic E-state index is 0.297. The highest BCUT2D eigenvalue weighted by molar-refractivity contribution is 5.05. The zero-order chi connectivity index (χ0) is 12.6. The Morgan fingerprint density at radius 1 is 1.56 bits per heavy atom. The van der Waals surface area contributed by atoms with Crippen LogP contribution in [0.2, 0.25) is 0 Å². The number of hydrogen-bond acceptors (Lipinski definition) is 4. The van der Waals surface area contributed by atoms with Crippen LogP contribution < -0.4 is 5.32 Å². The molecule has 18 heavy (non-hydrogen) atoms. The summed E-state index contributed by atoms with van der Waals surface area (Å²) in [6.45, 7) is 8.66. The summed E-state index contributed by atoms with van der Waals surface area (Å²) in [5.74, 6) is 1.86. The standard InChI is InChI=1S/C14H23N3O/c1-11-8-13(18-16-11)9-17-7-3-6-15-14(2,10-17)12-4-5-12/h8,12,15H,3-7,9-10H2,1-2H3. The summed E-state index contributed by atoms with van der Waals surface area (Å²) in [7, 11) is 0. The van der Waals surface area contributed by atoms with Crippen molar-refractivity contribution in [3.63, 3.8) is 0 Å². The minimum Gasteiger partial charge on any atom is -0.360 e. The SMILES string of the molecule is Cc1cc(CN2CCCNC(C)(C3CC3)C2)on1. The van der Waals surface area contributed by atoms with E-state index >= 15 is 0 Å². The van der Waals surface area contributed by atoms with Gasteiger partial charge in [0.15, 0.2) is 5.76 Å². The molecule has 0 aromatic carbocycles. The van der Waals surface area contributed by atoms with Gasteiger partial charge in [0.05, 0.1) is 12.2 Å². The number of nitrogens with zero attached hydrogens (tertiary/aromatic N) is 2. The van der Waals surface area contributed by atoms with Crippen LogP contribution in [0, 0.1) is 12.8 Å². The van der Waals surface area contributed by atoms with Crippen LogP contribution in [0.5, 0.6) is 0 Å². The van der Waals surface area contributed by atoms with Crippen LogP contribution in [0.15, 0.2) is 10.6 Å². The summed E-state index contributed by atoms with van der Waals surface area (Å²) in [6, 6.07) is 2.05. The molecule has 3 rings (SSSR count). The van der Waals surface area contributed by atoms with E-state index in [0.717, 1.165) is 43.6 Å². The first-order valence-electron chi connectivity index (χ1n) is 7.05. The minimum absolute atomic E-state index is 0.297. The highest BCUT2D eigenvalue weighted by atomic mass is 16.5. The molecule has 1 N–H and O–H groups in total. The van der Waals surface area contributed by atoms with Crippen molar-refractivity contribution in [2.45, 2.75) is 45.2 Å². The van der Waals surface area contributed by atoms with Crippen molar-refractivity contribution in [2.75, 3.05) is 19.6 Å². The summed E-state index contributed by atoms with van der Waals surface area (Å²) in [5, 5.41) is 7.73. The van der Waals surface area contributed by atoms with E-state index in [1.54, 1.807) is 0 Å². The summed E-state index contributed by atoms with van der Waals surface area (Å²) in [5.41, 5.74) is 1.27. The van der Waals surface area contributed by atoms with Crippen molar-refractivity contribution in [2.24, 2.45) is 5.92 Å². The second-order valence-corrected chi connectivity index (χ2v) is 6.12. The third-order valence-corrected chi connectivity index (χ3v) is 4.27. The largest absolute Gasteiger partial charge is 0.360 e. The molecular formula is C14H23N3O. The van der Waals surface area contributed by atoms with Crippen LogP contribution in [-0.4, -0.2) is 35.2 Å². The van der Waals surface area contributed by atoms with E-state index in [2.05, 4.69) is 22.3 Å². The second kappa shape index (κ2) is 4.67. The normalized spacial score (nSPS) is 30.3. The van der Waals surface area contributed by atoms with E-state index < -0.39 is 0 Å². The molecule has 0 amide bonds. The van der Waals surface area contributed by atoms with E-state index in [1.807, 2.05) is 13.0 Å². The predicted molar refractivity (Wildman–Crippen MR) is 70.3 cm³/mol. The molecule has 2 heterocycles. The maximum Gasteiger partial charge on any atom is 0.150 e. The van der Waals surface area contributed by atoms with Gasteiger partial charge in [0, 0.05) is 18.2 Å². The average molecular weight is 249 g/mol. The molecule has 1 aromatic rings. The zero-order valence-corrected chi connectivity index (χ0v) is 11.4. The molecule has 4 nitrogen and oxygen atoms in total. The molecule has 1 aliphatic heterocycles. The van der Waals surface area contributed by atoms with Gasteiger partial charge < -0.3 is 9.84 Å². The van der Waals surface area contributed by atoms with Gasteiger partial charge >= 0.3 is 0 Å². The third kappa shape index (κ3) is 2.59. The topological polar surface area (TPSA) is 41.3 Å². The van der Waals surface area contributed by atoms with E-state index in [4.69, 9.17) is 4.52 Å². The fraction of sp³-hybridized carbons (Fsp3) is 0.786. The number of nitrogens with one attached hydrogen (secondary N) is 1. The lowest BCUT2D eigenvalue weighted by Crippen LogP contribution is -2.50. The Morgan fingerprint density at radius 3 is 3.06 bits per heavy atom. The Morgan fingerprint density at radius 2 is 2.39 bits per heavy atom. The fourth-order valence-corrected chi connectivity index (χ4v) is 3.12. The Balaban J connectivity index is 1.67. The maximum absolute atomic E-state index is 5.34. The fourth-order valence-electron chi connectivity index (χ4n) is 3.12. The smallest absolute Gasteiger partial charge is 0.150 e. The van der Waals surface area contributed by atoms with Gasteiger partial charge in [-0.3, -0.25) is 4.90 Å². The van der Waals surface area contributed by atoms with Crippen molar-refractivity contribution < 1.29 is 4.52 Å². The molecule has 1 unspecified atom stereocenters. The first kappa shape index (κ1) is 12.2. The molecule has 1 atom stereocenters. The monoisotopic (exact) mass is 249 g/mol. The third-order valence-electron chi connectivity index (χ3n) is 4.27. The quantitative estimate of drug-likeness (QED) is 0.889. The van der Waals surface area contributed by atoms with Crippen molar-refractivity contribution in [3.05, 3.63) is 17.5 Å². The van der Waals surface area contributed by atoms with Crippen molar-refractivity contribution in [1.29, 1.82) is 0 Å². The highest BCUT2D eigenvalue weighted by Crippen LogP contribution is 2.40. The van der Waals surface area contributed by atoms with Crippen molar-refractivity contribution in [1.82, 2.24) is 15.4 Å². The van der Waals surface area contributed by atoms with Gasteiger partial charge in [0.2, 0.25) is 0 Å². The van der Waals surface area contributed by atoms with E-state index in [1.165, 1.54) is 19.3 Å². The lowest BCUT2D eigenvalue weighted by atomic mass is 9.95. The van der Waals surface area contributed by atoms with E-state index in [9.17, 15) is 0 Å². The lowest BCUT2D eigenvalue weighted by Gasteiger charge is -2.33. The number of aryl methyl sites for hydroxylation is 1. The van der Waals surface area contributed by atoms with Crippen LogP contribution in [0.1, 0.15) is 37.6 Å². The molecule has 1 aromatic heterocycles. The van der Waals surface area contributed by atoms with Gasteiger partial charge in [-0.1, -0.05) is 5.16 Å². The second-order valence-electron chi connectivity index (χ2n) is 6.12. The summed E-state index contributed by atoms with van der Waals surface area (Å²) < 4.78 is 5.34. The van der Waals surface area contributed by atoms with Crippen LogP contribution in [0.3, 0.4) is 0 Å². The molecule has 4 heteroatoms. The Labute approximate surface area is 109 Å². The van der Waals surface area contributed by atoms with Gasteiger partial charge in [-0.15, -0.1) is 0 Å². The number of rotatable bonds is 3. The zero-order valence-electron chi connectivity index (χ0n) is 11.4. The first-order valence-corrected chi connectivity index (χ1v) is 7.05. The van der Waals surface area contributed by atoms with Crippen molar-refractivity contribution in [3.8, 4) is 0 Å². The summed E-state index contributed by atoms with van der Waals surface area (Å²) >= 11 is 0. The van der Waals surface area contributed by atoms with Crippen LogP contribution in [0.25, 0.3) is 0 Å². The molecule has 1 saturated carbocycles. The summed E-state index contributed by atoms with van der Waals surface area (Å²) in [4.78, 5) is 2.51. The van der Waals surface area contributed by atoms with E-state index in [-0.39, 0.29) is 0 Å². The molecule has 1 saturated heterocycles. The number of hydrogen-bond donors (Lipinski definition) is 1. The molecule has 0 radical (unpaired) electrons. The number of aromatic nitrogens is 1. The van der Waals surface area contributed by atoms with Gasteiger partial charge in [0.25, 0.3) is 0 Å². The van der Waals surface area contributed by atoms with Gasteiger partial charge in [-0.2, -0.15) is 0 Å². The lowest BCUT2D eigenvalue weighted by molar-refractivity contribution is 0.179. The average Bonchev–Trinajstić information content (AvgIpc) is 3.11. The molecule has 2 aliphatic rings. The summed E-state index contributed by atoms with van der Waals surface area (Å²) in [6.07, 6.45) is 3.99. The molecule has 0 bridgehead atoms. The van der Waals surface area contributed by atoms with Gasteiger partial charge in [-0.05, 0) is 52.1 Å². The van der Waals surface area contributed by atoms with Crippen LogP contribution in [-0.2, 0) is 6.54 Å². The van der Waals surface area contributed by atoms with Gasteiger partial charge in [-0.25, -0.2) is 0 Å². The van der Waals surface area contributed by atoms with Crippen LogP contribution >= 0.6 is 0 Å². The molecule has 1 aliphatic carbocycles. The predicted octanol–water partition coefficient (Wildman–Crippen LogP) is 1.95. The Bertz CT molecular complexity index is 413. The Kier molecular flexibility index (Phi) is 3.16. The first-order chi connectivity index (χ1) is 8.66.